The molecular formula is C12H14ClF2NO2. The van der Waals surface area contributed by atoms with Gasteiger partial charge in [-0.2, -0.15) is 0 Å². The molecule has 3 nitrogen and oxygen atoms in total. The van der Waals surface area contributed by atoms with E-state index >= 15 is 0 Å². The van der Waals surface area contributed by atoms with Crippen LogP contribution in [0.3, 0.4) is 0 Å². The van der Waals surface area contributed by atoms with E-state index in [1.165, 1.54) is 6.07 Å². The largest absolute Gasteiger partial charge is 0.395 e. The zero-order chi connectivity index (χ0) is 13.7. The molecule has 0 saturated carbocycles. The summed E-state index contributed by atoms with van der Waals surface area (Å²) in [7, 11) is 0. The molecule has 0 fully saturated rings. The smallest absolute Gasteiger partial charge is 0.255 e. The van der Waals surface area contributed by atoms with Crippen molar-refractivity contribution < 1.29 is 18.7 Å². The second-order valence-corrected chi connectivity index (χ2v) is 4.26. The maximum Gasteiger partial charge on any atom is 0.255 e. The highest BCUT2D eigenvalue weighted by atomic mass is 35.5. The molecule has 0 aromatic heterocycles. The van der Waals surface area contributed by atoms with Crippen LogP contribution in [0.2, 0.25) is 5.02 Å². The van der Waals surface area contributed by atoms with Crippen LogP contribution in [0.1, 0.15) is 15.9 Å². The summed E-state index contributed by atoms with van der Waals surface area (Å²) in [4.78, 5) is 13.0. The van der Waals surface area contributed by atoms with Crippen molar-refractivity contribution in [3.05, 3.63) is 34.3 Å². The van der Waals surface area contributed by atoms with Crippen molar-refractivity contribution in [1.29, 1.82) is 0 Å². The Kier molecular flexibility index (Phi) is 5.50. The topological polar surface area (TPSA) is 40.5 Å². The number of alkyl halides is 2. The summed E-state index contributed by atoms with van der Waals surface area (Å²) >= 11 is 5.78. The van der Waals surface area contributed by atoms with E-state index < -0.39 is 18.9 Å². The van der Waals surface area contributed by atoms with Gasteiger partial charge in [-0.3, -0.25) is 4.79 Å². The Morgan fingerprint density at radius 3 is 2.72 bits per heavy atom. The molecule has 0 aliphatic carbocycles. The molecule has 0 atom stereocenters. The number of halogens is 3. The first-order valence-corrected chi connectivity index (χ1v) is 5.78. The fourth-order valence-electron chi connectivity index (χ4n) is 1.56. The van der Waals surface area contributed by atoms with Gasteiger partial charge < -0.3 is 10.0 Å². The molecule has 1 aromatic rings. The van der Waals surface area contributed by atoms with Gasteiger partial charge in [0.2, 0.25) is 0 Å². The van der Waals surface area contributed by atoms with Gasteiger partial charge in [0, 0.05) is 17.1 Å². The molecule has 18 heavy (non-hydrogen) atoms. The first-order chi connectivity index (χ1) is 8.45. The lowest BCUT2D eigenvalue weighted by Crippen LogP contribution is -2.37. The summed E-state index contributed by atoms with van der Waals surface area (Å²) in [5.74, 6) is -0.552. The maximum absolute atomic E-state index is 12.4. The summed E-state index contributed by atoms with van der Waals surface area (Å²) in [5, 5.41) is 9.17. The summed E-state index contributed by atoms with van der Waals surface area (Å²) < 4.78 is 24.7. The fraction of sp³-hybridized carbons (Fsp3) is 0.417. The third-order valence-electron chi connectivity index (χ3n) is 2.45. The van der Waals surface area contributed by atoms with Gasteiger partial charge >= 0.3 is 0 Å². The summed E-state index contributed by atoms with van der Waals surface area (Å²) in [6, 6.07) is 4.71. The number of carbonyl (C=O) groups is 1. The molecule has 1 N–H and O–H groups in total. The van der Waals surface area contributed by atoms with Gasteiger partial charge in [-0.25, -0.2) is 8.78 Å². The zero-order valence-corrected chi connectivity index (χ0v) is 10.6. The third kappa shape index (κ3) is 3.92. The second-order valence-electron chi connectivity index (χ2n) is 3.83. The van der Waals surface area contributed by atoms with Crippen LogP contribution in [0, 0.1) is 6.92 Å². The van der Waals surface area contributed by atoms with Gasteiger partial charge in [-0.15, -0.1) is 0 Å². The van der Waals surface area contributed by atoms with Gasteiger partial charge in [-0.1, -0.05) is 17.7 Å². The van der Waals surface area contributed by atoms with Crippen LogP contribution in [0.4, 0.5) is 8.78 Å². The minimum atomic E-state index is -2.64. The Balaban J connectivity index is 2.97. The average Bonchev–Trinajstić information content (AvgIpc) is 2.30. The Morgan fingerprint density at radius 1 is 1.50 bits per heavy atom. The third-order valence-corrected chi connectivity index (χ3v) is 2.68. The maximum atomic E-state index is 12.4. The Hall–Kier alpha value is -1.20. The minimum Gasteiger partial charge on any atom is -0.395 e. The lowest BCUT2D eigenvalue weighted by Gasteiger charge is -2.22. The highest BCUT2D eigenvalue weighted by molar-refractivity contribution is 6.31. The fourth-order valence-corrected chi connectivity index (χ4v) is 1.73. The van der Waals surface area contributed by atoms with Gasteiger partial charge in [-0.05, 0) is 24.6 Å². The van der Waals surface area contributed by atoms with Crippen LogP contribution in [-0.2, 0) is 0 Å². The van der Waals surface area contributed by atoms with Gasteiger partial charge in [0.15, 0.2) is 0 Å². The van der Waals surface area contributed by atoms with E-state index in [1.54, 1.807) is 19.1 Å². The summed E-state index contributed by atoms with van der Waals surface area (Å²) in [6.07, 6.45) is -2.64. The van der Waals surface area contributed by atoms with Crippen LogP contribution in [0.5, 0.6) is 0 Å². The highest BCUT2D eigenvalue weighted by Gasteiger charge is 2.20. The predicted octanol–water partition coefficient (Wildman–Crippen LogP) is 2.35. The molecule has 0 bridgehead atoms. The molecule has 0 saturated heterocycles. The lowest BCUT2D eigenvalue weighted by atomic mass is 10.1. The number of amides is 1. The van der Waals surface area contributed by atoms with E-state index in [0.29, 0.717) is 10.6 Å². The Morgan fingerprint density at radius 2 is 2.17 bits per heavy atom. The number of benzene rings is 1. The Labute approximate surface area is 109 Å². The number of hydrogen-bond donors (Lipinski definition) is 1. The molecule has 0 radical (unpaired) electrons. The number of aryl methyl sites for hydroxylation is 1. The molecule has 0 heterocycles. The molecule has 0 aliphatic heterocycles. The zero-order valence-electron chi connectivity index (χ0n) is 9.87. The number of hydrogen-bond acceptors (Lipinski definition) is 2. The second kappa shape index (κ2) is 6.66. The summed E-state index contributed by atoms with van der Waals surface area (Å²) in [6.45, 7) is 0.502. The molecule has 0 spiro atoms. The number of aliphatic hydroxyl groups is 1. The number of nitrogens with zero attached hydrogens (tertiary/aromatic N) is 1. The van der Waals surface area contributed by atoms with Crippen LogP contribution < -0.4 is 0 Å². The highest BCUT2D eigenvalue weighted by Crippen LogP contribution is 2.17. The van der Waals surface area contributed by atoms with E-state index in [-0.39, 0.29) is 18.7 Å². The molecule has 1 aromatic carbocycles. The van der Waals surface area contributed by atoms with Crippen LogP contribution in [0.15, 0.2) is 18.2 Å². The van der Waals surface area contributed by atoms with Crippen molar-refractivity contribution in [2.75, 3.05) is 19.7 Å². The van der Waals surface area contributed by atoms with E-state index in [0.717, 1.165) is 4.90 Å². The van der Waals surface area contributed by atoms with Crippen molar-refractivity contribution in [3.8, 4) is 0 Å². The first-order valence-electron chi connectivity index (χ1n) is 5.40. The normalized spacial score (nSPS) is 10.8. The number of rotatable bonds is 5. The molecule has 0 unspecified atom stereocenters. The number of aliphatic hydroxyl groups excluding tert-OH is 1. The first kappa shape index (κ1) is 14.9. The predicted molar refractivity (Wildman–Crippen MR) is 65.2 cm³/mol. The van der Waals surface area contributed by atoms with Gasteiger partial charge in [0.25, 0.3) is 12.3 Å². The van der Waals surface area contributed by atoms with Crippen molar-refractivity contribution in [3.63, 3.8) is 0 Å². The molecule has 1 amide bonds. The summed E-state index contributed by atoms with van der Waals surface area (Å²) in [5.41, 5.74) is 0.929. The standard InChI is InChI=1S/C12H14ClF2NO2/c1-8-2-3-9(13)6-10(8)12(18)16(4-5-17)7-11(14)15/h2-3,6,11,17H,4-5,7H2,1H3. The van der Waals surface area contributed by atoms with E-state index in [2.05, 4.69) is 0 Å². The van der Waals surface area contributed by atoms with Crippen molar-refractivity contribution in [2.24, 2.45) is 0 Å². The molecule has 6 heteroatoms. The van der Waals surface area contributed by atoms with Gasteiger partial charge in [0.05, 0.1) is 13.2 Å². The molecule has 100 valence electrons. The Bertz CT molecular complexity index is 427. The molecule has 1 rings (SSSR count). The monoisotopic (exact) mass is 277 g/mol. The van der Waals surface area contributed by atoms with Crippen LogP contribution in [0.25, 0.3) is 0 Å². The van der Waals surface area contributed by atoms with Crippen LogP contribution in [-0.4, -0.2) is 42.0 Å². The van der Waals surface area contributed by atoms with Crippen LogP contribution >= 0.6 is 11.6 Å². The van der Waals surface area contributed by atoms with E-state index in [1.807, 2.05) is 0 Å². The quantitative estimate of drug-likeness (QED) is 0.897. The lowest BCUT2D eigenvalue weighted by molar-refractivity contribution is 0.0508. The van der Waals surface area contributed by atoms with Crippen molar-refractivity contribution >= 4 is 17.5 Å². The number of carbonyl (C=O) groups excluding carboxylic acids is 1. The van der Waals surface area contributed by atoms with Gasteiger partial charge in [0.1, 0.15) is 0 Å². The average molecular weight is 278 g/mol. The van der Waals surface area contributed by atoms with E-state index in [9.17, 15) is 13.6 Å². The minimum absolute atomic E-state index is 0.130. The molecule has 0 aliphatic rings. The SMILES string of the molecule is Cc1ccc(Cl)cc1C(=O)N(CCO)CC(F)F. The molecular weight excluding hydrogens is 264 g/mol. The van der Waals surface area contributed by atoms with E-state index in [4.69, 9.17) is 16.7 Å². The van der Waals surface area contributed by atoms with Crippen molar-refractivity contribution in [1.82, 2.24) is 4.90 Å². The van der Waals surface area contributed by atoms with Crippen molar-refractivity contribution in [2.45, 2.75) is 13.3 Å².